The zero-order valence-corrected chi connectivity index (χ0v) is 14.9. The highest BCUT2D eigenvalue weighted by Crippen LogP contribution is 2.13. The van der Waals surface area contributed by atoms with Gasteiger partial charge in [-0.1, -0.05) is 30.3 Å². The normalized spacial score (nSPS) is 19.2. The molecule has 0 aromatic heterocycles. The van der Waals surface area contributed by atoms with Gasteiger partial charge in [0.05, 0.1) is 11.5 Å². The summed E-state index contributed by atoms with van der Waals surface area (Å²) in [7, 11) is -3.05. The molecule has 6 nitrogen and oxygen atoms in total. The SMILES string of the molecule is CC(C)N(Cc1ccccc1)C(=O)CC(=O)NC1CCS(=O)(=O)C1. The van der Waals surface area contributed by atoms with E-state index in [0.717, 1.165) is 5.56 Å². The Hall–Kier alpha value is -1.89. The molecule has 1 atom stereocenters. The molecular formula is C17H24N2O4S. The van der Waals surface area contributed by atoms with Gasteiger partial charge in [-0.3, -0.25) is 9.59 Å². The van der Waals surface area contributed by atoms with Crippen LogP contribution in [0.15, 0.2) is 30.3 Å². The first kappa shape index (κ1) is 18.4. The monoisotopic (exact) mass is 352 g/mol. The summed E-state index contributed by atoms with van der Waals surface area (Å²) >= 11 is 0. The summed E-state index contributed by atoms with van der Waals surface area (Å²) in [5, 5.41) is 2.66. The first-order valence-electron chi connectivity index (χ1n) is 8.10. The molecule has 1 saturated heterocycles. The van der Waals surface area contributed by atoms with Crippen LogP contribution in [0.2, 0.25) is 0 Å². The van der Waals surface area contributed by atoms with Crippen molar-refractivity contribution in [2.24, 2.45) is 0 Å². The Labute approximate surface area is 143 Å². The van der Waals surface area contributed by atoms with Crippen LogP contribution in [-0.2, 0) is 26.0 Å². The topological polar surface area (TPSA) is 83.6 Å². The number of sulfone groups is 1. The first-order valence-corrected chi connectivity index (χ1v) is 9.92. The average Bonchev–Trinajstić information content (AvgIpc) is 2.84. The molecule has 1 aromatic rings. The fourth-order valence-electron chi connectivity index (χ4n) is 2.77. The van der Waals surface area contributed by atoms with Crippen LogP contribution in [-0.4, -0.2) is 48.7 Å². The molecule has 0 radical (unpaired) electrons. The van der Waals surface area contributed by atoms with Gasteiger partial charge >= 0.3 is 0 Å². The van der Waals surface area contributed by atoms with E-state index in [1.54, 1.807) is 4.90 Å². The lowest BCUT2D eigenvalue weighted by Crippen LogP contribution is -2.42. The third kappa shape index (κ3) is 5.33. The molecule has 1 aliphatic heterocycles. The first-order chi connectivity index (χ1) is 11.3. The molecule has 0 spiro atoms. The molecule has 0 aliphatic carbocycles. The van der Waals surface area contributed by atoms with E-state index in [-0.39, 0.29) is 35.9 Å². The van der Waals surface area contributed by atoms with E-state index in [9.17, 15) is 18.0 Å². The lowest BCUT2D eigenvalue weighted by molar-refractivity contribution is -0.138. The number of amides is 2. The molecule has 7 heteroatoms. The number of rotatable bonds is 6. The smallest absolute Gasteiger partial charge is 0.232 e. The van der Waals surface area contributed by atoms with Crippen LogP contribution in [0, 0.1) is 0 Å². The van der Waals surface area contributed by atoms with E-state index < -0.39 is 15.7 Å². The van der Waals surface area contributed by atoms with E-state index in [2.05, 4.69) is 5.32 Å². The van der Waals surface area contributed by atoms with Gasteiger partial charge in [0.25, 0.3) is 0 Å². The molecule has 1 fully saturated rings. The molecule has 1 heterocycles. The maximum absolute atomic E-state index is 12.4. The molecule has 132 valence electrons. The zero-order chi connectivity index (χ0) is 17.7. The van der Waals surface area contributed by atoms with Crippen molar-refractivity contribution in [2.45, 2.75) is 45.3 Å². The highest BCUT2D eigenvalue weighted by Gasteiger charge is 2.30. The second kappa shape index (κ2) is 7.79. The van der Waals surface area contributed by atoms with Crippen LogP contribution in [0.5, 0.6) is 0 Å². The molecule has 1 aromatic carbocycles. The Morgan fingerprint density at radius 2 is 1.92 bits per heavy atom. The summed E-state index contributed by atoms with van der Waals surface area (Å²) in [4.78, 5) is 26.1. The summed E-state index contributed by atoms with van der Waals surface area (Å²) < 4.78 is 22.8. The fraction of sp³-hybridized carbons (Fsp3) is 0.529. The quantitative estimate of drug-likeness (QED) is 0.778. The highest BCUT2D eigenvalue weighted by molar-refractivity contribution is 7.91. The highest BCUT2D eigenvalue weighted by atomic mass is 32.2. The molecule has 1 aliphatic rings. The average molecular weight is 352 g/mol. The minimum atomic E-state index is -3.05. The standard InChI is InChI=1S/C17H24N2O4S/c1-13(2)19(11-14-6-4-3-5-7-14)17(21)10-16(20)18-15-8-9-24(22,23)12-15/h3-7,13,15H,8-12H2,1-2H3,(H,18,20). The molecule has 2 amide bonds. The van der Waals surface area contributed by atoms with Gasteiger partial charge < -0.3 is 10.2 Å². The van der Waals surface area contributed by atoms with Gasteiger partial charge in [-0.25, -0.2) is 8.42 Å². The van der Waals surface area contributed by atoms with Crippen LogP contribution in [0.25, 0.3) is 0 Å². The summed E-state index contributed by atoms with van der Waals surface area (Å²) in [6.07, 6.45) is 0.154. The van der Waals surface area contributed by atoms with Gasteiger partial charge in [-0.15, -0.1) is 0 Å². The predicted molar refractivity (Wildman–Crippen MR) is 91.9 cm³/mol. The Morgan fingerprint density at radius 1 is 1.25 bits per heavy atom. The summed E-state index contributed by atoms with van der Waals surface area (Å²) in [6.45, 7) is 4.26. The molecule has 2 rings (SSSR count). The minimum Gasteiger partial charge on any atom is -0.352 e. The molecular weight excluding hydrogens is 328 g/mol. The molecule has 1 N–H and O–H groups in total. The summed E-state index contributed by atoms with van der Waals surface area (Å²) in [5.41, 5.74) is 1.00. The molecule has 24 heavy (non-hydrogen) atoms. The molecule has 1 unspecified atom stereocenters. The van der Waals surface area contributed by atoms with Gasteiger partial charge in [0, 0.05) is 18.6 Å². The van der Waals surface area contributed by atoms with Crippen molar-refractivity contribution in [3.8, 4) is 0 Å². The maximum atomic E-state index is 12.4. The van der Waals surface area contributed by atoms with Crippen molar-refractivity contribution in [1.29, 1.82) is 0 Å². The van der Waals surface area contributed by atoms with E-state index in [1.807, 2.05) is 44.2 Å². The number of benzene rings is 1. The fourth-order valence-corrected chi connectivity index (χ4v) is 4.44. The molecule has 0 bridgehead atoms. The van der Waals surface area contributed by atoms with Gasteiger partial charge in [-0.05, 0) is 25.8 Å². The van der Waals surface area contributed by atoms with Crippen LogP contribution in [0.4, 0.5) is 0 Å². The number of carbonyl (C=O) groups excluding carboxylic acids is 2. The van der Waals surface area contributed by atoms with Crippen molar-refractivity contribution in [2.75, 3.05) is 11.5 Å². The van der Waals surface area contributed by atoms with Crippen LogP contribution in [0.1, 0.15) is 32.3 Å². The van der Waals surface area contributed by atoms with Crippen LogP contribution in [0.3, 0.4) is 0 Å². The number of nitrogens with one attached hydrogen (secondary N) is 1. The van der Waals surface area contributed by atoms with Crippen molar-refractivity contribution < 1.29 is 18.0 Å². The molecule has 0 saturated carbocycles. The van der Waals surface area contributed by atoms with Crippen LogP contribution < -0.4 is 5.32 Å². The van der Waals surface area contributed by atoms with E-state index >= 15 is 0 Å². The Morgan fingerprint density at radius 3 is 2.46 bits per heavy atom. The number of hydrogen-bond donors (Lipinski definition) is 1. The second-order valence-corrected chi connectivity index (χ2v) is 8.67. The number of nitrogens with zero attached hydrogens (tertiary/aromatic N) is 1. The lowest BCUT2D eigenvalue weighted by Gasteiger charge is -2.27. The predicted octanol–water partition coefficient (Wildman–Crippen LogP) is 1.12. The Bertz CT molecular complexity index is 686. The minimum absolute atomic E-state index is 0.0302. The second-order valence-electron chi connectivity index (χ2n) is 6.45. The number of carbonyl (C=O) groups is 2. The zero-order valence-electron chi connectivity index (χ0n) is 14.1. The van der Waals surface area contributed by atoms with Crippen molar-refractivity contribution >= 4 is 21.7 Å². The van der Waals surface area contributed by atoms with Gasteiger partial charge in [0.15, 0.2) is 9.84 Å². The third-order valence-corrected chi connectivity index (χ3v) is 5.82. The maximum Gasteiger partial charge on any atom is 0.232 e. The van der Waals surface area contributed by atoms with Crippen molar-refractivity contribution in [3.05, 3.63) is 35.9 Å². The van der Waals surface area contributed by atoms with E-state index in [0.29, 0.717) is 13.0 Å². The van der Waals surface area contributed by atoms with E-state index in [1.165, 1.54) is 0 Å². The van der Waals surface area contributed by atoms with Crippen LogP contribution >= 0.6 is 0 Å². The van der Waals surface area contributed by atoms with Gasteiger partial charge in [-0.2, -0.15) is 0 Å². The third-order valence-electron chi connectivity index (χ3n) is 4.05. The van der Waals surface area contributed by atoms with Crippen molar-refractivity contribution in [3.63, 3.8) is 0 Å². The van der Waals surface area contributed by atoms with Gasteiger partial charge in [0.1, 0.15) is 6.42 Å². The van der Waals surface area contributed by atoms with Crippen molar-refractivity contribution in [1.82, 2.24) is 10.2 Å². The lowest BCUT2D eigenvalue weighted by atomic mass is 10.1. The Kier molecular flexibility index (Phi) is 5.99. The summed E-state index contributed by atoms with van der Waals surface area (Å²) in [6, 6.07) is 9.19. The number of hydrogen-bond acceptors (Lipinski definition) is 4. The Balaban J connectivity index is 1.91. The van der Waals surface area contributed by atoms with E-state index in [4.69, 9.17) is 0 Å². The van der Waals surface area contributed by atoms with Gasteiger partial charge in [0.2, 0.25) is 11.8 Å². The largest absolute Gasteiger partial charge is 0.352 e. The summed E-state index contributed by atoms with van der Waals surface area (Å²) in [5.74, 6) is -0.615.